The van der Waals surface area contributed by atoms with Gasteiger partial charge in [0.25, 0.3) is 5.91 Å². The normalized spacial score (nSPS) is 10.4. The zero-order chi connectivity index (χ0) is 19.9. The molecule has 0 aliphatic heterocycles. The number of benzene rings is 2. The molecule has 1 aromatic heterocycles. The highest BCUT2D eigenvalue weighted by Crippen LogP contribution is 2.21. The Bertz CT molecular complexity index is 956. The van der Waals surface area contributed by atoms with E-state index in [0.717, 1.165) is 22.6 Å². The summed E-state index contributed by atoms with van der Waals surface area (Å²) in [7, 11) is 1.65. The van der Waals surface area contributed by atoms with Crippen LogP contribution in [0, 0.1) is 6.92 Å². The highest BCUT2D eigenvalue weighted by atomic mass is 16.5. The molecule has 2 aromatic carbocycles. The van der Waals surface area contributed by atoms with Crippen molar-refractivity contribution in [1.29, 1.82) is 0 Å². The summed E-state index contributed by atoms with van der Waals surface area (Å²) >= 11 is 0. The second-order valence-electron chi connectivity index (χ2n) is 6.48. The van der Waals surface area contributed by atoms with E-state index in [1.807, 2.05) is 62.4 Å². The summed E-state index contributed by atoms with van der Waals surface area (Å²) in [5, 5.41) is 3.27. The Hall–Kier alpha value is -3.34. The molecule has 144 valence electrons. The molecule has 1 heterocycles. The molecule has 0 saturated carbocycles. The van der Waals surface area contributed by atoms with Gasteiger partial charge in [-0.25, -0.2) is 4.98 Å². The van der Waals surface area contributed by atoms with Gasteiger partial charge in [0.15, 0.2) is 0 Å². The van der Waals surface area contributed by atoms with Gasteiger partial charge in [0.1, 0.15) is 11.6 Å². The number of methoxy groups -OCH3 is 1. The van der Waals surface area contributed by atoms with Crippen molar-refractivity contribution in [2.24, 2.45) is 0 Å². The molecule has 0 bridgehead atoms. The van der Waals surface area contributed by atoms with Gasteiger partial charge in [-0.1, -0.05) is 30.3 Å². The van der Waals surface area contributed by atoms with E-state index < -0.39 is 0 Å². The standard InChI is InChI=1S/C23H25N3O2/c1-4-26(20-10-7-8-17(2)14-20)23(27)18-12-13-24-22(15-18)25-16-19-9-5-6-11-21(19)28-3/h5-15H,4,16H2,1-3H3,(H,24,25). The van der Waals surface area contributed by atoms with Gasteiger partial charge >= 0.3 is 0 Å². The smallest absolute Gasteiger partial charge is 0.258 e. The fourth-order valence-electron chi connectivity index (χ4n) is 3.09. The molecule has 5 heteroatoms. The maximum Gasteiger partial charge on any atom is 0.258 e. The van der Waals surface area contributed by atoms with Gasteiger partial charge in [-0.05, 0) is 49.7 Å². The number of nitrogens with zero attached hydrogens (tertiary/aromatic N) is 2. The van der Waals surface area contributed by atoms with E-state index in [9.17, 15) is 4.79 Å². The number of pyridine rings is 1. The Balaban J connectivity index is 1.77. The predicted molar refractivity (Wildman–Crippen MR) is 113 cm³/mol. The predicted octanol–water partition coefficient (Wildman–Crippen LogP) is 4.68. The number of aromatic nitrogens is 1. The quantitative estimate of drug-likeness (QED) is 0.652. The highest BCUT2D eigenvalue weighted by Gasteiger charge is 2.17. The summed E-state index contributed by atoms with van der Waals surface area (Å²) in [6, 6.07) is 19.3. The Morgan fingerprint density at radius 2 is 1.93 bits per heavy atom. The minimum atomic E-state index is -0.0455. The Kier molecular flexibility index (Phi) is 6.27. The molecule has 0 atom stereocenters. The lowest BCUT2D eigenvalue weighted by molar-refractivity contribution is 0.0988. The van der Waals surface area contributed by atoms with E-state index >= 15 is 0 Å². The van der Waals surface area contributed by atoms with Crippen LogP contribution in [0.1, 0.15) is 28.4 Å². The van der Waals surface area contributed by atoms with Crippen LogP contribution in [0.3, 0.4) is 0 Å². The number of hydrogen-bond acceptors (Lipinski definition) is 4. The molecular weight excluding hydrogens is 350 g/mol. The number of hydrogen-bond donors (Lipinski definition) is 1. The molecule has 1 N–H and O–H groups in total. The number of carbonyl (C=O) groups is 1. The summed E-state index contributed by atoms with van der Waals surface area (Å²) < 4.78 is 5.38. The van der Waals surface area contributed by atoms with E-state index in [4.69, 9.17) is 4.74 Å². The summed E-state index contributed by atoms with van der Waals surface area (Å²) in [5.41, 5.74) is 3.64. The Labute approximate surface area is 166 Å². The summed E-state index contributed by atoms with van der Waals surface area (Å²) in [5.74, 6) is 1.42. The molecule has 0 fully saturated rings. The van der Waals surface area contributed by atoms with Crippen LogP contribution in [0.4, 0.5) is 11.5 Å². The first kappa shape index (κ1) is 19.4. The number of nitrogens with one attached hydrogen (secondary N) is 1. The first-order valence-corrected chi connectivity index (χ1v) is 9.32. The van der Waals surface area contributed by atoms with Crippen LogP contribution < -0.4 is 15.0 Å². The molecule has 0 saturated heterocycles. The van der Waals surface area contributed by atoms with Gasteiger partial charge in [-0.2, -0.15) is 0 Å². The molecule has 0 aliphatic rings. The number of carbonyl (C=O) groups excluding carboxylic acids is 1. The summed E-state index contributed by atoms with van der Waals surface area (Å²) in [6.45, 7) is 5.15. The van der Waals surface area contributed by atoms with Crippen molar-refractivity contribution >= 4 is 17.4 Å². The van der Waals surface area contributed by atoms with Crippen molar-refractivity contribution < 1.29 is 9.53 Å². The van der Waals surface area contributed by atoms with Crippen molar-refractivity contribution in [3.05, 3.63) is 83.6 Å². The second kappa shape index (κ2) is 9.04. The molecule has 0 radical (unpaired) electrons. The molecule has 0 unspecified atom stereocenters. The van der Waals surface area contributed by atoms with Crippen molar-refractivity contribution in [1.82, 2.24) is 4.98 Å². The number of aryl methyl sites for hydroxylation is 1. The van der Waals surface area contributed by atoms with E-state index in [1.165, 1.54) is 0 Å². The first-order valence-electron chi connectivity index (χ1n) is 9.32. The average Bonchev–Trinajstić information content (AvgIpc) is 2.73. The van der Waals surface area contributed by atoms with Gasteiger partial charge < -0.3 is 15.0 Å². The number of para-hydroxylation sites is 1. The average molecular weight is 375 g/mol. The third kappa shape index (κ3) is 4.49. The van der Waals surface area contributed by atoms with E-state index in [-0.39, 0.29) is 5.91 Å². The molecule has 0 spiro atoms. The maximum absolute atomic E-state index is 13.1. The topological polar surface area (TPSA) is 54.5 Å². The third-order valence-electron chi connectivity index (χ3n) is 4.53. The van der Waals surface area contributed by atoms with Crippen molar-refractivity contribution in [2.75, 3.05) is 23.9 Å². The lowest BCUT2D eigenvalue weighted by atomic mass is 10.1. The Morgan fingerprint density at radius 3 is 2.68 bits per heavy atom. The van der Waals surface area contributed by atoms with Crippen LogP contribution in [0.15, 0.2) is 66.9 Å². The molecule has 5 nitrogen and oxygen atoms in total. The van der Waals surface area contributed by atoms with Crippen molar-refractivity contribution in [3.8, 4) is 5.75 Å². The molecule has 28 heavy (non-hydrogen) atoms. The summed E-state index contributed by atoms with van der Waals surface area (Å²) in [6.07, 6.45) is 1.65. The van der Waals surface area contributed by atoms with Crippen LogP contribution >= 0.6 is 0 Å². The van der Waals surface area contributed by atoms with Crippen LogP contribution in [0.25, 0.3) is 0 Å². The lowest BCUT2D eigenvalue weighted by Crippen LogP contribution is -2.30. The fourth-order valence-corrected chi connectivity index (χ4v) is 3.09. The Morgan fingerprint density at radius 1 is 1.11 bits per heavy atom. The molecule has 3 aromatic rings. The number of anilines is 2. The summed E-state index contributed by atoms with van der Waals surface area (Å²) in [4.78, 5) is 19.2. The van der Waals surface area contributed by atoms with Crippen LogP contribution in [-0.4, -0.2) is 24.5 Å². The highest BCUT2D eigenvalue weighted by molar-refractivity contribution is 6.06. The van der Waals surface area contributed by atoms with Crippen molar-refractivity contribution in [3.63, 3.8) is 0 Å². The minimum Gasteiger partial charge on any atom is -0.496 e. The van der Waals surface area contributed by atoms with Gasteiger partial charge in [0.05, 0.1) is 7.11 Å². The maximum atomic E-state index is 13.1. The minimum absolute atomic E-state index is 0.0455. The van der Waals surface area contributed by atoms with Crippen LogP contribution in [0.2, 0.25) is 0 Å². The lowest BCUT2D eigenvalue weighted by Gasteiger charge is -2.22. The number of ether oxygens (including phenoxy) is 1. The van der Waals surface area contributed by atoms with E-state index in [2.05, 4.69) is 10.3 Å². The van der Waals surface area contributed by atoms with Gasteiger partial charge in [0.2, 0.25) is 0 Å². The molecule has 0 aliphatic carbocycles. The van der Waals surface area contributed by atoms with Gasteiger partial charge in [-0.3, -0.25) is 4.79 Å². The largest absolute Gasteiger partial charge is 0.496 e. The monoisotopic (exact) mass is 375 g/mol. The number of rotatable bonds is 7. The van der Waals surface area contributed by atoms with Crippen LogP contribution in [-0.2, 0) is 6.54 Å². The van der Waals surface area contributed by atoms with Gasteiger partial charge in [0, 0.05) is 36.1 Å². The van der Waals surface area contributed by atoms with Crippen LogP contribution in [0.5, 0.6) is 5.75 Å². The zero-order valence-electron chi connectivity index (χ0n) is 16.5. The van der Waals surface area contributed by atoms with Gasteiger partial charge in [-0.15, -0.1) is 0 Å². The fraction of sp³-hybridized carbons (Fsp3) is 0.217. The molecular formula is C23H25N3O2. The molecule has 3 rings (SSSR count). The van der Waals surface area contributed by atoms with E-state index in [0.29, 0.717) is 24.5 Å². The number of amides is 1. The zero-order valence-corrected chi connectivity index (χ0v) is 16.5. The third-order valence-corrected chi connectivity index (χ3v) is 4.53. The van der Waals surface area contributed by atoms with Crippen molar-refractivity contribution in [2.45, 2.75) is 20.4 Å². The first-order chi connectivity index (χ1) is 13.6. The van der Waals surface area contributed by atoms with E-state index in [1.54, 1.807) is 30.3 Å². The second-order valence-corrected chi connectivity index (χ2v) is 6.48. The SMILES string of the molecule is CCN(C(=O)c1ccnc(NCc2ccccc2OC)c1)c1cccc(C)c1. The molecule has 1 amide bonds.